The maximum absolute atomic E-state index is 10.1. The molecule has 0 aliphatic carbocycles. The quantitative estimate of drug-likeness (QED) is 0.571. The van der Waals surface area contributed by atoms with Gasteiger partial charge in [-0.2, -0.15) is 5.26 Å². The first-order chi connectivity index (χ1) is 13.2. The number of benzene rings is 1. The zero-order valence-corrected chi connectivity index (χ0v) is 18.8. The largest absolute Gasteiger partial charge is 0.392 e. The Kier molecular flexibility index (Phi) is 8.71. The first-order valence-electron chi connectivity index (χ1n) is 9.07. The van der Waals surface area contributed by atoms with Crippen LogP contribution in [0, 0.1) is 11.3 Å². The number of imidazole rings is 1. The van der Waals surface area contributed by atoms with Gasteiger partial charge in [0.05, 0.1) is 29.2 Å². The molecule has 10 heteroatoms. The summed E-state index contributed by atoms with van der Waals surface area (Å²) in [5.41, 5.74) is 3.44. The Balaban J connectivity index is 0.00000150. The van der Waals surface area contributed by atoms with Crippen molar-refractivity contribution < 1.29 is 5.11 Å². The minimum Gasteiger partial charge on any atom is -0.392 e. The van der Waals surface area contributed by atoms with Gasteiger partial charge in [-0.3, -0.25) is 0 Å². The Morgan fingerprint density at radius 2 is 2.21 bits per heavy atom. The minimum absolute atomic E-state index is 0. The third-order valence-electron chi connectivity index (χ3n) is 5.02. The molecule has 0 amide bonds. The fourth-order valence-electron chi connectivity index (χ4n) is 3.70. The molecule has 2 atom stereocenters. The highest BCUT2D eigenvalue weighted by Gasteiger charge is 2.22. The number of nitriles is 1. The summed E-state index contributed by atoms with van der Waals surface area (Å²) in [7, 11) is 0. The van der Waals surface area contributed by atoms with Gasteiger partial charge in [-0.1, -0.05) is 11.6 Å². The number of piperidine rings is 1. The van der Waals surface area contributed by atoms with Gasteiger partial charge in [-0.15, -0.1) is 36.2 Å². The van der Waals surface area contributed by atoms with Crippen molar-refractivity contribution in [2.24, 2.45) is 0 Å². The molecule has 0 spiro atoms. The summed E-state index contributed by atoms with van der Waals surface area (Å²) < 4.78 is 2.11. The van der Waals surface area contributed by atoms with E-state index in [1.165, 1.54) is 11.3 Å². The highest BCUT2D eigenvalue weighted by atomic mass is 35.5. The van der Waals surface area contributed by atoms with Crippen molar-refractivity contribution in [3.63, 3.8) is 0 Å². The molecular formula is C19H22Cl3N5OS. The highest BCUT2D eigenvalue weighted by molar-refractivity contribution is 7.10. The van der Waals surface area contributed by atoms with E-state index in [9.17, 15) is 5.11 Å². The van der Waals surface area contributed by atoms with Gasteiger partial charge in [0.1, 0.15) is 6.07 Å². The third-order valence-corrected chi connectivity index (χ3v) is 5.98. The van der Waals surface area contributed by atoms with E-state index in [0.29, 0.717) is 10.0 Å². The average molecular weight is 475 g/mol. The van der Waals surface area contributed by atoms with Crippen LogP contribution in [-0.4, -0.2) is 38.3 Å². The van der Waals surface area contributed by atoms with Gasteiger partial charge in [0.15, 0.2) is 5.01 Å². The Hall–Kier alpha value is -1.40. The summed E-state index contributed by atoms with van der Waals surface area (Å²) in [6, 6.07) is 5.98. The number of halogens is 3. The molecule has 3 heterocycles. The molecule has 1 aliphatic rings. The van der Waals surface area contributed by atoms with E-state index < -0.39 is 0 Å². The summed E-state index contributed by atoms with van der Waals surface area (Å²) in [6.45, 7) is 1.77. The van der Waals surface area contributed by atoms with Crippen LogP contribution in [0.2, 0.25) is 5.02 Å². The number of thiazole rings is 1. The Morgan fingerprint density at radius 3 is 2.93 bits per heavy atom. The fourth-order valence-corrected chi connectivity index (χ4v) is 4.52. The van der Waals surface area contributed by atoms with Crippen molar-refractivity contribution in [3.8, 4) is 17.3 Å². The summed E-state index contributed by atoms with van der Waals surface area (Å²) in [4.78, 5) is 8.89. The number of aromatic nitrogens is 3. The zero-order chi connectivity index (χ0) is 18.8. The number of aryl methyl sites for hydroxylation is 1. The summed E-state index contributed by atoms with van der Waals surface area (Å²) in [5, 5.41) is 25.5. The van der Waals surface area contributed by atoms with Crippen molar-refractivity contribution in [2.45, 2.75) is 44.4 Å². The average Bonchev–Trinajstić information content (AvgIpc) is 3.30. The number of hydrogen-bond donors (Lipinski definition) is 2. The van der Waals surface area contributed by atoms with Gasteiger partial charge in [-0.25, -0.2) is 9.97 Å². The first kappa shape index (κ1) is 23.9. The molecule has 4 rings (SSSR count). The number of hydrogen-bond acceptors (Lipinski definition) is 6. The molecule has 156 valence electrons. The minimum atomic E-state index is -0.257. The molecule has 3 aromatic rings. The van der Waals surface area contributed by atoms with Crippen molar-refractivity contribution in [1.29, 1.82) is 5.26 Å². The maximum Gasteiger partial charge on any atom is 0.194 e. The molecule has 1 saturated heterocycles. The smallest absolute Gasteiger partial charge is 0.194 e. The Labute approximate surface area is 190 Å². The van der Waals surface area contributed by atoms with E-state index in [1.54, 1.807) is 0 Å². The van der Waals surface area contributed by atoms with E-state index in [1.807, 2.05) is 23.8 Å². The molecule has 0 radical (unpaired) electrons. The molecule has 0 unspecified atom stereocenters. The first-order valence-corrected chi connectivity index (χ1v) is 10.3. The molecule has 2 aromatic heterocycles. The van der Waals surface area contributed by atoms with Crippen LogP contribution in [0.3, 0.4) is 0 Å². The van der Waals surface area contributed by atoms with E-state index >= 15 is 0 Å². The number of aliphatic hydroxyl groups is 1. The highest BCUT2D eigenvalue weighted by Crippen LogP contribution is 2.32. The number of nitrogens with zero attached hydrogens (tertiary/aromatic N) is 4. The predicted molar refractivity (Wildman–Crippen MR) is 121 cm³/mol. The van der Waals surface area contributed by atoms with Crippen LogP contribution in [0.4, 0.5) is 0 Å². The molecule has 1 aromatic carbocycles. The topological polar surface area (TPSA) is 86.8 Å². The lowest BCUT2D eigenvalue weighted by molar-refractivity contribution is 0.0909. The van der Waals surface area contributed by atoms with E-state index in [0.717, 1.165) is 61.1 Å². The van der Waals surface area contributed by atoms with Crippen LogP contribution < -0.4 is 5.32 Å². The van der Waals surface area contributed by atoms with Gasteiger partial charge in [-0.05, 0) is 44.4 Å². The van der Waals surface area contributed by atoms with Crippen molar-refractivity contribution >= 4 is 58.8 Å². The fraction of sp³-hybridized carbons (Fsp3) is 0.421. The van der Waals surface area contributed by atoms with Gasteiger partial charge >= 0.3 is 0 Å². The maximum atomic E-state index is 10.1. The lowest BCUT2D eigenvalue weighted by Crippen LogP contribution is -2.44. The second-order valence-corrected chi connectivity index (χ2v) is 8.12. The molecule has 1 aliphatic heterocycles. The molecule has 1 fully saturated rings. The number of fused-ring (bicyclic) bond motifs is 1. The number of rotatable bonds is 5. The van der Waals surface area contributed by atoms with Gasteiger partial charge < -0.3 is 15.0 Å². The van der Waals surface area contributed by atoms with Crippen molar-refractivity contribution in [2.75, 3.05) is 6.54 Å². The standard InChI is InChI=1S/C19H20ClN5OS.2ClH/c20-12-7-13(16-10-27-18(9-21)24-16)19-15(8-12)23-11-25(19)6-2-3-14-17(26)4-1-5-22-14;;/h7-8,10-11,14,17,22,26H,1-6H2;2*1H/t14-,17+;;/m1../s1. The molecular weight excluding hydrogens is 453 g/mol. The monoisotopic (exact) mass is 473 g/mol. The van der Waals surface area contributed by atoms with E-state index in [4.69, 9.17) is 16.9 Å². The van der Waals surface area contributed by atoms with Gasteiger partial charge in [0.2, 0.25) is 0 Å². The van der Waals surface area contributed by atoms with E-state index in [-0.39, 0.29) is 37.0 Å². The molecule has 0 bridgehead atoms. The normalized spacial score (nSPS) is 18.7. The number of aliphatic hydroxyl groups excluding tert-OH is 1. The third kappa shape index (κ3) is 5.21. The van der Waals surface area contributed by atoms with Crippen LogP contribution in [-0.2, 0) is 6.54 Å². The van der Waals surface area contributed by atoms with Crippen molar-refractivity contribution in [1.82, 2.24) is 19.9 Å². The lowest BCUT2D eigenvalue weighted by Gasteiger charge is -2.29. The van der Waals surface area contributed by atoms with Crippen LogP contribution in [0.25, 0.3) is 22.3 Å². The predicted octanol–water partition coefficient (Wildman–Crippen LogP) is 4.42. The van der Waals surface area contributed by atoms with Crippen LogP contribution >= 0.6 is 47.8 Å². The molecule has 29 heavy (non-hydrogen) atoms. The SMILES string of the molecule is Cl.Cl.N#Cc1nc(-c2cc(Cl)cc3ncn(CCC[C@H]4NCCC[C@@H]4O)c23)cs1. The summed E-state index contributed by atoms with van der Waals surface area (Å²) >= 11 is 7.59. The molecule has 0 saturated carbocycles. The lowest BCUT2D eigenvalue weighted by atomic mass is 9.97. The van der Waals surface area contributed by atoms with Gasteiger partial charge in [0.25, 0.3) is 0 Å². The second-order valence-electron chi connectivity index (χ2n) is 6.82. The second kappa shape index (κ2) is 10.6. The molecule has 6 nitrogen and oxygen atoms in total. The van der Waals surface area contributed by atoms with Crippen molar-refractivity contribution in [3.05, 3.63) is 33.9 Å². The van der Waals surface area contributed by atoms with Crippen LogP contribution in [0.15, 0.2) is 23.8 Å². The van der Waals surface area contributed by atoms with Crippen LogP contribution in [0.5, 0.6) is 0 Å². The van der Waals surface area contributed by atoms with Crippen LogP contribution in [0.1, 0.15) is 30.7 Å². The summed E-state index contributed by atoms with van der Waals surface area (Å²) in [6.07, 6.45) is 5.33. The Morgan fingerprint density at radius 1 is 1.38 bits per heavy atom. The summed E-state index contributed by atoms with van der Waals surface area (Å²) in [5.74, 6) is 0. The zero-order valence-electron chi connectivity index (χ0n) is 15.5. The van der Waals surface area contributed by atoms with E-state index in [2.05, 4.69) is 25.9 Å². The van der Waals surface area contributed by atoms with Gasteiger partial charge in [0, 0.05) is 28.6 Å². The Bertz CT molecular complexity index is 1000. The molecule has 2 N–H and O–H groups in total. The number of nitrogens with one attached hydrogen (secondary N) is 1.